The first-order valence-corrected chi connectivity index (χ1v) is 11.8. The minimum atomic E-state index is -0.0296. The van der Waals surface area contributed by atoms with E-state index in [1.807, 2.05) is 47.4 Å². The van der Waals surface area contributed by atoms with Crippen molar-refractivity contribution in [2.45, 2.75) is 24.8 Å². The molecule has 4 heterocycles. The Labute approximate surface area is 193 Å². The number of benzene rings is 2. The number of likely N-dealkylation sites (tertiary alicyclic amines) is 2. The van der Waals surface area contributed by atoms with Gasteiger partial charge in [0.25, 0.3) is 0 Å². The van der Waals surface area contributed by atoms with Crippen LogP contribution in [0.15, 0.2) is 59.0 Å². The molecule has 1 amide bonds. The van der Waals surface area contributed by atoms with Crippen LogP contribution in [0.3, 0.4) is 0 Å². The molecule has 2 fully saturated rings. The minimum absolute atomic E-state index is 0.0296. The third-order valence-corrected chi connectivity index (χ3v) is 7.49. The van der Waals surface area contributed by atoms with Gasteiger partial charge in [0.1, 0.15) is 5.75 Å². The molecule has 33 heavy (non-hydrogen) atoms. The number of fused-ring (bicyclic) bond motifs is 3. The van der Waals surface area contributed by atoms with Gasteiger partial charge in [-0.3, -0.25) is 9.69 Å². The van der Waals surface area contributed by atoms with Crippen molar-refractivity contribution >= 4 is 5.91 Å². The average molecular weight is 445 g/mol. The lowest BCUT2D eigenvalue weighted by Crippen LogP contribution is -2.44. The van der Waals surface area contributed by atoms with Gasteiger partial charge in [-0.25, -0.2) is 0 Å². The molecule has 3 aliphatic rings. The molecule has 170 valence electrons. The Morgan fingerprint density at radius 2 is 1.76 bits per heavy atom. The summed E-state index contributed by atoms with van der Waals surface area (Å²) in [5, 5.41) is 8.54. The highest BCUT2D eigenvalue weighted by Crippen LogP contribution is 2.47. The van der Waals surface area contributed by atoms with Gasteiger partial charge in [0.2, 0.25) is 17.7 Å². The normalized spacial score (nSPS) is 25.4. The van der Waals surface area contributed by atoms with Gasteiger partial charge in [-0.15, -0.1) is 10.2 Å². The van der Waals surface area contributed by atoms with Crippen molar-refractivity contribution in [1.82, 2.24) is 20.0 Å². The smallest absolute Gasteiger partial charge is 0.247 e. The number of nitrogens with zero attached hydrogens (tertiary/aromatic N) is 4. The molecular formula is C26H28N4O3. The maximum Gasteiger partial charge on any atom is 0.247 e. The van der Waals surface area contributed by atoms with Crippen LogP contribution < -0.4 is 4.74 Å². The first-order chi connectivity index (χ1) is 16.2. The zero-order valence-corrected chi connectivity index (χ0v) is 18.8. The van der Waals surface area contributed by atoms with Gasteiger partial charge >= 0.3 is 0 Å². The molecule has 1 aromatic heterocycles. The molecule has 7 heteroatoms. The lowest BCUT2D eigenvalue weighted by Gasteiger charge is -2.35. The van der Waals surface area contributed by atoms with Gasteiger partial charge < -0.3 is 14.1 Å². The van der Waals surface area contributed by atoms with E-state index in [1.165, 1.54) is 5.56 Å². The number of hydrogen-bond acceptors (Lipinski definition) is 6. The standard InChI is InChI=1S/C26H28N4O3/c1-29-15-20(21-16-32-22-10-6-5-9-19(22)23(21)29)26(31)30-13-11-18(12-14-30)25-28-27-24(33-25)17-7-3-2-4-8-17/h2-10,18,20-21,23H,11-16H2,1H3/t20-,21+,23+/m1/s1. The number of para-hydroxylation sites is 1. The highest BCUT2D eigenvalue weighted by Gasteiger charge is 2.48. The molecule has 0 spiro atoms. The van der Waals surface area contributed by atoms with Crippen molar-refractivity contribution in [3.05, 3.63) is 66.1 Å². The first kappa shape index (κ1) is 20.4. The first-order valence-electron chi connectivity index (χ1n) is 11.8. The van der Waals surface area contributed by atoms with E-state index < -0.39 is 0 Å². The fourth-order valence-corrected chi connectivity index (χ4v) is 5.76. The fraction of sp³-hybridized carbons (Fsp3) is 0.423. The lowest BCUT2D eigenvalue weighted by atomic mass is 9.84. The van der Waals surface area contributed by atoms with Crippen molar-refractivity contribution in [3.8, 4) is 17.2 Å². The summed E-state index contributed by atoms with van der Waals surface area (Å²) in [7, 11) is 2.12. The molecule has 0 unspecified atom stereocenters. The van der Waals surface area contributed by atoms with Crippen molar-refractivity contribution < 1.29 is 13.9 Å². The van der Waals surface area contributed by atoms with Crippen LogP contribution in [0.5, 0.6) is 5.75 Å². The molecule has 0 saturated carbocycles. The second kappa shape index (κ2) is 8.30. The maximum atomic E-state index is 13.5. The number of ether oxygens (including phenoxy) is 1. The van der Waals surface area contributed by atoms with Crippen LogP contribution in [0.2, 0.25) is 0 Å². The Morgan fingerprint density at radius 3 is 2.58 bits per heavy atom. The Bertz CT molecular complexity index is 1140. The van der Waals surface area contributed by atoms with Crippen LogP contribution in [0.1, 0.15) is 36.3 Å². The van der Waals surface area contributed by atoms with E-state index in [0.717, 1.165) is 43.8 Å². The highest BCUT2D eigenvalue weighted by molar-refractivity contribution is 5.80. The second-order valence-electron chi connectivity index (χ2n) is 9.41. The van der Waals surface area contributed by atoms with E-state index in [2.05, 4.69) is 34.3 Å². The zero-order chi connectivity index (χ0) is 22.4. The number of amides is 1. The van der Waals surface area contributed by atoms with Crippen molar-refractivity contribution in [2.24, 2.45) is 11.8 Å². The monoisotopic (exact) mass is 444 g/mol. The molecule has 3 atom stereocenters. The molecule has 0 aliphatic carbocycles. The van der Waals surface area contributed by atoms with Gasteiger partial charge in [-0.05, 0) is 38.1 Å². The predicted octanol–water partition coefficient (Wildman–Crippen LogP) is 3.75. The summed E-state index contributed by atoms with van der Waals surface area (Å²) in [6, 6.07) is 18.3. The van der Waals surface area contributed by atoms with E-state index in [9.17, 15) is 4.79 Å². The van der Waals surface area contributed by atoms with Gasteiger partial charge in [0.05, 0.1) is 12.5 Å². The van der Waals surface area contributed by atoms with Gasteiger partial charge in [-0.2, -0.15) is 0 Å². The molecule has 3 aromatic rings. The SMILES string of the molecule is CN1C[C@@H](C(=O)N2CCC(c3nnc(-c4ccccc4)o3)CC2)[C@@H]2COc3ccccc3[C@@H]21. The van der Waals surface area contributed by atoms with E-state index in [1.54, 1.807) is 0 Å². The van der Waals surface area contributed by atoms with Gasteiger partial charge in [-0.1, -0.05) is 36.4 Å². The lowest BCUT2D eigenvalue weighted by molar-refractivity contribution is -0.138. The summed E-state index contributed by atoms with van der Waals surface area (Å²) in [5.74, 6) is 2.81. The summed E-state index contributed by atoms with van der Waals surface area (Å²) < 4.78 is 12.0. The van der Waals surface area contributed by atoms with Gasteiger partial charge in [0, 0.05) is 48.6 Å². The Kier molecular flexibility index (Phi) is 5.14. The summed E-state index contributed by atoms with van der Waals surface area (Å²) >= 11 is 0. The molecular weight excluding hydrogens is 416 g/mol. The molecule has 2 saturated heterocycles. The molecule has 0 radical (unpaired) electrons. The fourth-order valence-electron chi connectivity index (χ4n) is 5.76. The van der Waals surface area contributed by atoms with E-state index >= 15 is 0 Å². The molecule has 0 N–H and O–H groups in total. The third-order valence-electron chi connectivity index (χ3n) is 7.49. The maximum absolute atomic E-state index is 13.5. The minimum Gasteiger partial charge on any atom is -0.493 e. The van der Waals surface area contributed by atoms with E-state index in [-0.39, 0.29) is 29.7 Å². The largest absolute Gasteiger partial charge is 0.493 e. The van der Waals surface area contributed by atoms with Crippen molar-refractivity contribution in [1.29, 1.82) is 0 Å². The number of carbonyl (C=O) groups excluding carboxylic acids is 1. The van der Waals surface area contributed by atoms with Crippen LogP contribution in [0, 0.1) is 11.8 Å². The molecule has 6 rings (SSSR count). The molecule has 3 aliphatic heterocycles. The zero-order valence-electron chi connectivity index (χ0n) is 18.8. The summed E-state index contributed by atoms with van der Waals surface area (Å²) in [6.07, 6.45) is 1.69. The van der Waals surface area contributed by atoms with Crippen LogP contribution in [0.25, 0.3) is 11.5 Å². The van der Waals surface area contributed by atoms with Crippen LogP contribution in [0.4, 0.5) is 0 Å². The van der Waals surface area contributed by atoms with Crippen molar-refractivity contribution in [2.75, 3.05) is 33.3 Å². The van der Waals surface area contributed by atoms with Gasteiger partial charge in [0.15, 0.2) is 0 Å². The van der Waals surface area contributed by atoms with Crippen molar-refractivity contribution in [3.63, 3.8) is 0 Å². The number of piperidine rings is 1. The van der Waals surface area contributed by atoms with E-state index in [0.29, 0.717) is 18.4 Å². The highest BCUT2D eigenvalue weighted by atomic mass is 16.5. The van der Waals surface area contributed by atoms with Crippen LogP contribution >= 0.6 is 0 Å². The van der Waals surface area contributed by atoms with E-state index in [4.69, 9.17) is 9.15 Å². The number of hydrogen-bond donors (Lipinski definition) is 0. The predicted molar refractivity (Wildman–Crippen MR) is 123 cm³/mol. The number of rotatable bonds is 3. The Hall–Kier alpha value is -3.19. The second-order valence-corrected chi connectivity index (χ2v) is 9.41. The van der Waals surface area contributed by atoms with Crippen LogP contribution in [-0.4, -0.2) is 59.2 Å². The summed E-state index contributed by atoms with van der Waals surface area (Å²) in [4.78, 5) is 17.9. The average Bonchev–Trinajstić information content (AvgIpc) is 3.50. The molecule has 2 aromatic carbocycles. The summed E-state index contributed by atoms with van der Waals surface area (Å²) in [5.41, 5.74) is 2.14. The third kappa shape index (κ3) is 3.60. The van der Waals surface area contributed by atoms with Crippen LogP contribution in [-0.2, 0) is 4.79 Å². The molecule has 7 nitrogen and oxygen atoms in total. The Morgan fingerprint density at radius 1 is 1.00 bits per heavy atom. The Balaban J connectivity index is 1.12. The molecule has 0 bridgehead atoms. The quantitative estimate of drug-likeness (QED) is 0.613. The number of carbonyl (C=O) groups is 1. The summed E-state index contributed by atoms with van der Waals surface area (Å²) in [6.45, 7) is 2.82. The number of aromatic nitrogens is 2. The topological polar surface area (TPSA) is 71.7 Å².